The highest BCUT2D eigenvalue weighted by Gasteiger charge is 2.31. The van der Waals surface area contributed by atoms with E-state index in [1.807, 2.05) is 0 Å². The zero-order valence-electron chi connectivity index (χ0n) is 18.4. The maximum Gasteiger partial charge on any atom is 0.305 e. The van der Waals surface area contributed by atoms with Crippen molar-refractivity contribution in [2.75, 3.05) is 10.6 Å². The van der Waals surface area contributed by atoms with Gasteiger partial charge in [0.05, 0.1) is 11.3 Å². The molecule has 1 atom stereocenters. The number of carbonyl (C=O) groups excluding carboxylic acids is 1. The summed E-state index contributed by atoms with van der Waals surface area (Å²) in [5.74, 6) is -1.14. The Morgan fingerprint density at radius 2 is 1.69 bits per heavy atom. The van der Waals surface area contributed by atoms with E-state index in [0.29, 0.717) is 22.8 Å². The molecule has 1 amide bonds. The summed E-state index contributed by atoms with van der Waals surface area (Å²) >= 11 is 0. The van der Waals surface area contributed by atoms with Crippen LogP contribution in [0.3, 0.4) is 0 Å². The monoisotopic (exact) mass is 490 g/mol. The highest BCUT2D eigenvalue weighted by atomic mass is 32.2. The first kappa shape index (κ1) is 23.7. The van der Waals surface area contributed by atoms with Crippen LogP contribution >= 0.6 is 0 Å². The number of nitrogens with zero attached hydrogens (tertiary/aromatic N) is 1. The second-order valence-electron chi connectivity index (χ2n) is 7.67. The van der Waals surface area contributed by atoms with Crippen LogP contribution in [0.4, 0.5) is 17.3 Å². The average Bonchev–Trinajstić information content (AvgIpc) is 3.36. The van der Waals surface area contributed by atoms with Crippen molar-refractivity contribution in [3.05, 3.63) is 102 Å². The van der Waals surface area contributed by atoms with Crippen molar-refractivity contribution in [2.45, 2.75) is 16.6 Å². The van der Waals surface area contributed by atoms with Crippen LogP contribution in [0.5, 0.6) is 0 Å². The lowest BCUT2D eigenvalue weighted by molar-refractivity contribution is -0.137. The lowest BCUT2D eigenvalue weighted by Gasteiger charge is -2.17. The summed E-state index contributed by atoms with van der Waals surface area (Å²) in [6, 6.07) is 20.7. The number of carboxylic acid groups (broad SMARTS) is 1. The standard InChI is InChI=1S/C25H22N4O5S/c30-23(31)16-22(17-6-2-1-3-7-17)35(33,34)21-11-5-10-20(15-21)28-24(32)18-8-4-9-19(14-18)29-25-26-12-13-27-25/h1-15,22H,16H2,(H,28,32)(H,30,31)(H2,26,27,29). The Morgan fingerprint density at radius 3 is 2.40 bits per heavy atom. The number of amides is 1. The number of rotatable bonds is 9. The largest absolute Gasteiger partial charge is 0.481 e. The molecule has 0 aliphatic rings. The predicted octanol–water partition coefficient (Wildman–Crippen LogP) is 4.40. The molecule has 1 unspecified atom stereocenters. The zero-order valence-corrected chi connectivity index (χ0v) is 19.2. The molecular weight excluding hydrogens is 468 g/mol. The van der Waals surface area contributed by atoms with Gasteiger partial charge < -0.3 is 20.7 Å². The molecule has 0 aliphatic heterocycles. The molecule has 4 rings (SSSR count). The van der Waals surface area contributed by atoms with Gasteiger partial charge in [-0.25, -0.2) is 13.4 Å². The molecule has 1 heterocycles. The first-order chi connectivity index (χ1) is 16.8. The van der Waals surface area contributed by atoms with E-state index in [9.17, 15) is 23.1 Å². The molecule has 0 aliphatic carbocycles. The Kier molecular flexibility index (Phi) is 6.93. The molecule has 0 radical (unpaired) electrons. The summed E-state index contributed by atoms with van der Waals surface area (Å²) in [5, 5.41) is 13.8. The van der Waals surface area contributed by atoms with Crippen LogP contribution in [0.25, 0.3) is 0 Å². The van der Waals surface area contributed by atoms with Gasteiger partial charge in [0, 0.05) is 29.3 Å². The number of hydrogen-bond donors (Lipinski definition) is 4. The van der Waals surface area contributed by atoms with Crippen molar-refractivity contribution in [3.8, 4) is 0 Å². The van der Waals surface area contributed by atoms with Gasteiger partial charge >= 0.3 is 5.97 Å². The van der Waals surface area contributed by atoms with Gasteiger partial charge in [0.1, 0.15) is 5.25 Å². The van der Waals surface area contributed by atoms with E-state index in [-0.39, 0.29) is 10.6 Å². The van der Waals surface area contributed by atoms with Crippen molar-refractivity contribution < 1.29 is 23.1 Å². The fourth-order valence-electron chi connectivity index (χ4n) is 3.56. The molecule has 4 N–H and O–H groups in total. The minimum absolute atomic E-state index is 0.0846. The second kappa shape index (κ2) is 10.2. The van der Waals surface area contributed by atoms with Gasteiger partial charge in [-0.3, -0.25) is 9.59 Å². The van der Waals surface area contributed by atoms with Gasteiger partial charge in [-0.15, -0.1) is 0 Å². The first-order valence-corrected chi connectivity index (χ1v) is 12.2. The summed E-state index contributed by atoms with van der Waals surface area (Å²) in [5.41, 5.74) is 1.64. The fraction of sp³-hybridized carbons (Fsp3) is 0.0800. The quantitative estimate of drug-likeness (QED) is 0.272. The van der Waals surface area contributed by atoms with Crippen LogP contribution < -0.4 is 10.6 Å². The molecule has 0 spiro atoms. The first-order valence-electron chi connectivity index (χ1n) is 10.6. The van der Waals surface area contributed by atoms with Gasteiger partial charge in [0.15, 0.2) is 9.84 Å². The molecule has 0 bridgehead atoms. The van der Waals surface area contributed by atoms with Crippen molar-refractivity contribution in [1.82, 2.24) is 9.97 Å². The Labute approximate surface area is 201 Å². The van der Waals surface area contributed by atoms with E-state index < -0.39 is 33.4 Å². The third-order valence-electron chi connectivity index (χ3n) is 5.21. The minimum atomic E-state index is -4.06. The van der Waals surface area contributed by atoms with Crippen molar-refractivity contribution in [3.63, 3.8) is 0 Å². The van der Waals surface area contributed by atoms with Crippen LogP contribution in [-0.2, 0) is 14.6 Å². The highest BCUT2D eigenvalue weighted by molar-refractivity contribution is 7.91. The van der Waals surface area contributed by atoms with E-state index in [2.05, 4.69) is 20.6 Å². The summed E-state index contributed by atoms with van der Waals surface area (Å²) < 4.78 is 26.8. The van der Waals surface area contributed by atoms with Crippen molar-refractivity contribution in [2.24, 2.45) is 0 Å². The fourth-order valence-corrected chi connectivity index (χ4v) is 5.33. The molecule has 0 saturated heterocycles. The van der Waals surface area contributed by atoms with Crippen LogP contribution in [-0.4, -0.2) is 35.4 Å². The molecule has 35 heavy (non-hydrogen) atoms. The Balaban J connectivity index is 1.57. The third kappa shape index (κ3) is 5.74. The summed E-state index contributed by atoms with van der Waals surface area (Å²) in [6.07, 6.45) is 2.68. The maximum absolute atomic E-state index is 13.4. The summed E-state index contributed by atoms with van der Waals surface area (Å²) in [7, 11) is -4.06. The average molecular weight is 491 g/mol. The molecule has 0 fully saturated rings. The highest BCUT2D eigenvalue weighted by Crippen LogP contribution is 2.33. The van der Waals surface area contributed by atoms with E-state index >= 15 is 0 Å². The van der Waals surface area contributed by atoms with Gasteiger partial charge in [0.25, 0.3) is 5.91 Å². The van der Waals surface area contributed by atoms with Gasteiger partial charge in [-0.1, -0.05) is 42.5 Å². The van der Waals surface area contributed by atoms with Crippen LogP contribution in [0.15, 0.2) is 96.2 Å². The molecule has 10 heteroatoms. The number of H-pyrrole nitrogens is 1. The number of anilines is 3. The number of sulfone groups is 1. The Bertz CT molecular complexity index is 1440. The maximum atomic E-state index is 13.4. The van der Waals surface area contributed by atoms with E-state index in [4.69, 9.17) is 0 Å². The summed E-state index contributed by atoms with van der Waals surface area (Å²) in [4.78, 5) is 31.2. The van der Waals surface area contributed by atoms with E-state index in [0.717, 1.165) is 0 Å². The number of carbonyl (C=O) groups is 2. The van der Waals surface area contributed by atoms with Gasteiger partial charge in [-0.2, -0.15) is 0 Å². The number of aromatic amines is 1. The molecule has 1 aromatic heterocycles. The van der Waals surface area contributed by atoms with E-state index in [1.54, 1.807) is 73.1 Å². The second-order valence-corrected chi connectivity index (χ2v) is 9.80. The van der Waals surface area contributed by atoms with E-state index in [1.165, 1.54) is 18.2 Å². The molecular formula is C25H22N4O5S. The molecule has 178 valence electrons. The molecule has 3 aromatic carbocycles. The van der Waals surface area contributed by atoms with Gasteiger partial charge in [0.2, 0.25) is 5.95 Å². The topological polar surface area (TPSA) is 141 Å². The Hall–Kier alpha value is -4.44. The minimum Gasteiger partial charge on any atom is -0.481 e. The van der Waals surface area contributed by atoms with Gasteiger partial charge in [-0.05, 0) is 42.0 Å². The smallest absolute Gasteiger partial charge is 0.305 e. The van der Waals surface area contributed by atoms with Crippen molar-refractivity contribution >= 4 is 39.0 Å². The number of hydrogen-bond acceptors (Lipinski definition) is 6. The number of carboxylic acids is 1. The van der Waals surface area contributed by atoms with Crippen LogP contribution in [0.2, 0.25) is 0 Å². The SMILES string of the molecule is O=C(O)CC(c1ccccc1)S(=O)(=O)c1cccc(NC(=O)c2cccc(Nc3ncc[nH]3)c2)c1. The predicted molar refractivity (Wildman–Crippen MR) is 131 cm³/mol. The number of imidazole rings is 1. The zero-order chi connectivity index (χ0) is 24.8. The number of aromatic nitrogens is 2. The molecule has 4 aromatic rings. The number of benzene rings is 3. The number of nitrogens with one attached hydrogen (secondary N) is 3. The summed E-state index contributed by atoms with van der Waals surface area (Å²) in [6.45, 7) is 0. The van der Waals surface area contributed by atoms with Crippen molar-refractivity contribution in [1.29, 1.82) is 0 Å². The lowest BCUT2D eigenvalue weighted by atomic mass is 10.1. The Morgan fingerprint density at radius 1 is 0.943 bits per heavy atom. The molecule has 9 nitrogen and oxygen atoms in total. The van der Waals surface area contributed by atoms with Crippen LogP contribution in [0.1, 0.15) is 27.6 Å². The normalized spacial score (nSPS) is 12.0. The lowest BCUT2D eigenvalue weighted by Crippen LogP contribution is -2.18. The molecule has 0 saturated carbocycles. The van der Waals surface area contributed by atoms with Crippen LogP contribution in [0, 0.1) is 0 Å². The third-order valence-corrected chi connectivity index (χ3v) is 7.31. The number of aliphatic carboxylic acids is 1.